The number of rotatable bonds is 4. The molecule has 3 aromatic rings. The minimum Gasteiger partial charge on any atom is -0.0876 e. The first-order chi connectivity index (χ1) is 12.4. The zero-order valence-electron chi connectivity index (χ0n) is 16.1. The molecule has 0 fully saturated rings. The zero-order valence-corrected chi connectivity index (χ0v) is 17.7. The molecular formula is C25H27Br. The van der Waals surface area contributed by atoms with E-state index in [1.165, 1.54) is 27.8 Å². The van der Waals surface area contributed by atoms with Crippen LogP contribution in [0.3, 0.4) is 0 Å². The first kappa shape index (κ1) is 18.9. The Labute approximate surface area is 166 Å². The number of hydrogen-bond acceptors (Lipinski definition) is 0. The molecule has 0 N–H and O–H groups in total. The topological polar surface area (TPSA) is 0 Å². The van der Waals surface area contributed by atoms with E-state index in [0.717, 1.165) is 5.33 Å². The van der Waals surface area contributed by atoms with Crippen molar-refractivity contribution in [3.63, 3.8) is 0 Å². The van der Waals surface area contributed by atoms with Crippen LogP contribution < -0.4 is 0 Å². The highest BCUT2D eigenvalue weighted by Gasteiger charge is 2.32. The average Bonchev–Trinajstić information content (AvgIpc) is 2.67. The minimum absolute atomic E-state index is 0.112. The quantitative estimate of drug-likeness (QED) is 0.316. The van der Waals surface area contributed by atoms with Crippen LogP contribution in [0.1, 0.15) is 55.5 Å². The summed E-state index contributed by atoms with van der Waals surface area (Å²) in [6.45, 7) is 9.20. The predicted octanol–water partition coefficient (Wildman–Crippen LogP) is 7.23. The molecule has 134 valence electrons. The van der Waals surface area contributed by atoms with Crippen molar-refractivity contribution in [2.75, 3.05) is 0 Å². The highest BCUT2D eigenvalue weighted by molar-refractivity contribution is 9.08. The minimum atomic E-state index is -0.194. The monoisotopic (exact) mass is 406 g/mol. The summed E-state index contributed by atoms with van der Waals surface area (Å²) in [4.78, 5) is 0. The van der Waals surface area contributed by atoms with E-state index in [4.69, 9.17) is 0 Å². The second-order valence-corrected chi connectivity index (χ2v) is 8.72. The molecule has 0 nitrogen and oxygen atoms in total. The van der Waals surface area contributed by atoms with Crippen LogP contribution in [-0.2, 0) is 16.2 Å². The van der Waals surface area contributed by atoms with Gasteiger partial charge in [-0.05, 0) is 40.2 Å². The first-order valence-electron chi connectivity index (χ1n) is 9.17. The SMILES string of the molecule is CC(C)(C)c1cc(CBr)cc(C(C)(c2ccccc2)c2ccccc2)c1. The maximum absolute atomic E-state index is 3.67. The van der Waals surface area contributed by atoms with Gasteiger partial charge in [0.1, 0.15) is 0 Å². The second kappa shape index (κ2) is 7.40. The van der Waals surface area contributed by atoms with Crippen LogP contribution in [0.2, 0.25) is 0 Å². The van der Waals surface area contributed by atoms with E-state index >= 15 is 0 Å². The number of hydrogen-bond donors (Lipinski definition) is 0. The van der Waals surface area contributed by atoms with Crippen molar-refractivity contribution in [2.45, 2.75) is 43.9 Å². The van der Waals surface area contributed by atoms with Gasteiger partial charge in [0.2, 0.25) is 0 Å². The van der Waals surface area contributed by atoms with Crippen molar-refractivity contribution in [3.05, 3.63) is 107 Å². The lowest BCUT2D eigenvalue weighted by Gasteiger charge is -2.34. The van der Waals surface area contributed by atoms with Gasteiger partial charge in [0.25, 0.3) is 0 Å². The fourth-order valence-corrected chi connectivity index (χ4v) is 3.86. The zero-order chi connectivity index (χ0) is 18.8. The molecule has 0 amide bonds. The summed E-state index contributed by atoms with van der Waals surface area (Å²) in [5.41, 5.74) is 6.60. The molecule has 0 heterocycles. The Morgan fingerprint density at radius 3 is 1.50 bits per heavy atom. The molecule has 0 aromatic heterocycles. The van der Waals surface area contributed by atoms with E-state index in [-0.39, 0.29) is 10.8 Å². The average molecular weight is 407 g/mol. The van der Waals surface area contributed by atoms with Gasteiger partial charge >= 0.3 is 0 Å². The lowest BCUT2D eigenvalue weighted by Crippen LogP contribution is -2.26. The Balaban J connectivity index is 2.30. The Bertz CT molecular complexity index is 818. The summed E-state index contributed by atoms with van der Waals surface area (Å²) >= 11 is 3.67. The third-order valence-electron chi connectivity index (χ3n) is 5.29. The molecular weight excluding hydrogens is 380 g/mol. The van der Waals surface area contributed by atoms with Crippen LogP contribution in [-0.4, -0.2) is 0 Å². The van der Waals surface area contributed by atoms with Gasteiger partial charge in [-0.3, -0.25) is 0 Å². The maximum Gasteiger partial charge on any atom is 0.0423 e. The van der Waals surface area contributed by atoms with E-state index in [9.17, 15) is 0 Å². The van der Waals surface area contributed by atoms with Gasteiger partial charge in [0, 0.05) is 10.7 Å². The Morgan fingerprint density at radius 1 is 0.615 bits per heavy atom. The molecule has 0 aliphatic carbocycles. The summed E-state index contributed by atoms with van der Waals surface area (Å²) in [7, 11) is 0. The Hall–Kier alpha value is -1.86. The fourth-order valence-electron chi connectivity index (χ4n) is 3.53. The van der Waals surface area contributed by atoms with Crippen LogP contribution in [0, 0.1) is 0 Å². The van der Waals surface area contributed by atoms with E-state index in [1.807, 2.05) is 0 Å². The van der Waals surface area contributed by atoms with Gasteiger partial charge in [-0.15, -0.1) is 0 Å². The van der Waals surface area contributed by atoms with Crippen LogP contribution in [0.25, 0.3) is 0 Å². The predicted molar refractivity (Wildman–Crippen MR) is 116 cm³/mol. The summed E-state index contributed by atoms with van der Waals surface area (Å²) in [6.07, 6.45) is 0. The van der Waals surface area contributed by atoms with Crippen LogP contribution in [0.4, 0.5) is 0 Å². The van der Waals surface area contributed by atoms with Crippen molar-refractivity contribution >= 4 is 15.9 Å². The van der Waals surface area contributed by atoms with Crippen molar-refractivity contribution in [1.29, 1.82) is 0 Å². The summed E-state index contributed by atoms with van der Waals surface area (Å²) in [5, 5.41) is 0.865. The molecule has 3 aromatic carbocycles. The van der Waals surface area contributed by atoms with Gasteiger partial charge in [0.05, 0.1) is 0 Å². The van der Waals surface area contributed by atoms with Crippen molar-refractivity contribution in [2.24, 2.45) is 0 Å². The highest BCUT2D eigenvalue weighted by atomic mass is 79.9. The largest absolute Gasteiger partial charge is 0.0876 e. The lowest BCUT2D eigenvalue weighted by molar-refractivity contribution is 0.585. The van der Waals surface area contributed by atoms with E-state index in [1.54, 1.807) is 0 Å². The van der Waals surface area contributed by atoms with Gasteiger partial charge < -0.3 is 0 Å². The summed E-state index contributed by atoms with van der Waals surface area (Å²) in [6, 6.07) is 28.8. The third kappa shape index (κ3) is 3.64. The summed E-state index contributed by atoms with van der Waals surface area (Å²) < 4.78 is 0. The van der Waals surface area contributed by atoms with Crippen molar-refractivity contribution in [3.8, 4) is 0 Å². The van der Waals surface area contributed by atoms with Crippen molar-refractivity contribution in [1.82, 2.24) is 0 Å². The van der Waals surface area contributed by atoms with Crippen LogP contribution in [0.15, 0.2) is 78.9 Å². The number of benzene rings is 3. The lowest BCUT2D eigenvalue weighted by atomic mass is 9.69. The number of halogens is 1. The highest BCUT2D eigenvalue weighted by Crippen LogP contribution is 2.40. The first-order valence-corrected chi connectivity index (χ1v) is 10.3. The standard InChI is InChI=1S/C25H27Br/c1-24(2,3)22-15-19(18-26)16-23(17-22)25(4,20-11-7-5-8-12-20)21-13-9-6-10-14-21/h5-17H,18H2,1-4H3. The van der Waals surface area contributed by atoms with Crippen LogP contribution >= 0.6 is 15.9 Å². The number of alkyl halides is 1. The van der Waals surface area contributed by atoms with Gasteiger partial charge in [-0.2, -0.15) is 0 Å². The summed E-state index contributed by atoms with van der Waals surface area (Å²) in [5.74, 6) is 0. The van der Waals surface area contributed by atoms with Crippen LogP contribution in [0.5, 0.6) is 0 Å². The molecule has 0 saturated carbocycles. The smallest absolute Gasteiger partial charge is 0.0423 e. The third-order valence-corrected chi connectivity index (χ3v) is 5.94. The molecule has 0 aliphatic heterocycles. The Kier molecular flexibility index (Phi) is 5.39. The Morgan fingerprint density at radius 2 is 1.08 bits per heavy atom. The molecule has 0 atom stereocenters. The molecule has 0 spiro atoms. The molecule has 26 heavy (non-hydrogen) atoms. The normalized spacial score (nSPS) is 12.2. The van der Waals surface area contributed by atoms with Gasteiger partial charge in [-0.1, -0.05) is 116 Å². The maximum atomic E-state index is 3.67. The van der Waals surface area contributed by atoms with Gasteiger partial charge in [-0.25, -0.2) is 0 Å². The van der Waals surface area contributed by atoms with Crippen molar-refractivity contribution < 1.29 is 0 Å². The molecule has 1 heteroatoms. The molecule has 0 aliphatic rings. The molecule has 0 bridgehead atoms. The van der Waals surface area contributed by atoms with E-state index < -0.39 is 0 Å². The molecule has 0 radical (unpaired) electrons. The molecule has 3 rings (SSSR count). The molecule has 0 saturated heterocycles. The molecule has 0 unspecified atom stereocenters. The van der Waals surface area contributed by atoms with Gasteiger partial charge in [0.15, 0.2) is 0 Å². The van der Waals surface area contributed by atoms with E-state index in [2.05, 4.69) is 122 Å². The van der Waals surface area contributed by atoms with E-state index in [0.29, 0.717) is 0 Å². The fraction of sp³-hybridized carbons (Fsp3) is 0.280. The second-order valence-electron chi connectivity index (χ2n) is 8.16.